The van der Waals surface area contributed by atoms with Crippen molar-refractivity contribution in [3.63, 3.8) is 0 Å². The van der Waals surface area contributed by atoms with Gasteiger partial charge in [-0.1, -0.05) is 20.8 Å². The molecule has 1 atom stereocenters. The third kappa shape index (κ3) is 2.90. The van der Waals surface area contributed by atoms with Crippen molar-refractivity contribution in [2.75, 3.05) is 11.1 Å². The number of nitrogens with one attached hydrogen (secondary N) is 1. The van der Waals surface area contributed by atoms with Crippen molar-refractivity contribution in [1.29, 1.82) is 5.26 Å². The number of nitrogens with two attached hydrogens (primary N) is 1. The summed E-state index contributed by atoms with van der Waals surface area (Å²) in [6, 6.07) is 7.82. The number of hydrogen-bond donors (Lipinski definition) is 2. The predicted octanol–water partition coefficient (Wildman–Crippen LogP) is 2.99. The molecule has 0 spiro atoms. The van der Waals surface area contributed by atoms with E-state index >= 15 is 0 Å². The second kappa shape index (κ2) is 4.44. The molecule has 0 heterocycles. The Balaban J connectivity index is 2.85. The van der Waals surface area contributed by atoms with Crippen molar-refractivity contribution in [3.8, 4) is 6.07 Å². The van der Waals surface area contributed by atoms with Crippen LogP contribution in [-0.2, 0) is 0 Å². The van der Waals surface area contributed by atoms with Gasteiger partial charge in [0.15, 0.2) is 0 Å². The summed E-state index contributed by atoms with van der Waals surface area (Å²) in [7, 11) is 0. The molecule has 0 saturated heterocycles. The van der Waals surface area contributed by atoms with Crippen LogP contribution >= 0.6 is 0 Å². The second-order valence-electron chi connectivity index (χ2n) is 5.15. The van der Waals surface area contributed by atoms with E-state index in [4.69, 9.17) is 11.0 Å². The summed E-state index contributed by atoms with van der Waals surface area (Å²) >= 11 is 0. The van der Waals surface area contributed by atoms with E-state index in [0.29, 0.717) is 17.3 Å². The van der Waals surface area contributed by atoms with E-state index in [2.05, 4.69) is 39.1 Å². The van der Waals surface area contributed by atoms with Gasteiger partial charge in [-0.25, -0.2) is 0 Å². The van der Waals surface area contributed by atoms with Crippen molar-refractivity contribution in [2.45, 2.75) is 33.7 Å². The predicted molar refractivity (Wildman–Crippen MR) is 68.1 cm³/mol. The van der Waals surface area contributed by atoms with Gasteiger partial charge in [0.1, 0.15) is 6.07 Å². The van der Waals surface area contributed by atoms with Crippen LogP contribution in [0.5, 0.6) is 0 Å². The van der Waals surface area contributed by atoms with Gasteiger partial charge in [-0.2, -0.15) is 5.26 Å². The van der Waals surface area contributed by atoms with Gasteiger partial charge in [-0.05, 0) is 30.5 Å². The largest absolute Gasteiger partial charge is 0.398 e. The van der Waals surface area contributed by atoms with Crippen LogP contribution in [0.25, 0.3) is 0 Å². The Hall–Kier alpha value is -1.69. The fraction of sp³-hybridized carbons (Fsp3) is 0.462. The molecule has 0 aliphatic heterocycles. The molecule has 86 valence electrons. The monoisotopic (exact) mass is 217 g/mol. The molecular formula is C13H19N3. The van der Waals surface area contributed by atoms with Crippen LogP contribution in [0.15, 0.2) is 18.2 Å². The maximum absolute atomic E-state index is 8.77. The van der Waals surface area contributed by atoms with E-state index in [-0.39, 0.29) is 5.41 Å². The van der Waals surface area contributed by atoms with Gasteiger partial charge >= 0.3 is 0 Å². The summed E-state index contributed by atoms with van der Waals surface area (Å²) in [5.74, 6) is 0. The fourth-order valence-electron chi connectivity index (χ4n) is 1.22. The van der Waals surface area contributed by atoms with Crippen LogP contribution in [0.4, 0.5) is 11.4 Å². The van der Waals surface area contributed by atoms with Crippen molar-refractivity contribution in [3.05, 3.63) is 23.8 Å². The van der Waals surface area contributed by atoms with Gasteiger partial charge in [-0.3, -0.25) is 0 Å². The Kier molecular flexibility index (Phi) is 3.44. The molecule has 3 heteroatoms. The average Bonchev–Trinajstić information content (AvgIpc) is 2.16. The maximum atomic E-state index is 8.77. The Morgan fingerprint density at radius 3 is 2.44 bits per heavy atom. The molecule has 0 bridgehead atoms. The number of anilines is 2. The molecule has 0 saturated carbocycles. The molecule has 1 rings (SSSR count). The Bertz CT molecular complexity index is 410. The van der Waals surface area contributed by atoms with Crippen molar-refractivity contribution >= 4 is 11.4 Å². The minimum atomic E-state index is 0.183. The molecule has 0 aliphatic carbocycles. The van der Waals surface area contributed by atoms with E-state index in [1.165, 1.54) is 0 Å². The number of nitriles is 1. The molecular weight excluding hydrogens is 198 g/mol. The molecule has 1 aromatic rings. The lowest BCUT2D eigenvalue weighted by Gasteiger charge is -2.29. The summed E-state index contributed by atoms with van der Waals surface area (Å²) in [4.78, 5) is 0. The smallest absolute Gasteiger partial charge is 0.101 e. The molecule has 16 heavy (non-hydrogen) atoms. The zero-order chi connectivity index (χ0) is 12.3. The molecule has 0 aliphatic rings. The summed E-state index contributed by atoms with van der Waals surface area (Å²) < 4.78 is 0. The summed E-state index contributed by atoms with van der Waals surface area (Å²) in [5, 5.41) is 12.2. The SMILES string of the molecule is CC(Nc1ccc(C#N)c(N)c1)C(C)(C)C. The lowest BCUT2D eigenvalue weighted by Crippen LogP contribution is -2.30. The highest BCUT2D eigenvalue weighted by Gasteiger charge is 2.19. The Morgan fingerprint density at radius 1 is 1.38 bits per heavy atom. The average molecular weight is 217 g/mol. The van der Waals surface area contributed by atoms with Crippen LogP contribution in [0, 0.1) is 16.7 Å². The molecule has 3 nitrogen and oxygen atoms in total. The van der Waals surface area contributed by atoms with Crippen molar-refractivity contribution in [1.82, 2.24) is 0 Å². The third-order valence-corrected chi connectivity index (χ3v) is 2.85. The van der Waals surface area contributed by atoms with Gasteiger partial charge in [0.05, 0.1) is 11.3 Å². The number of hydrogen-bond acceptors (Lipinski definition) is 3. The first-order valence-electron chi connectivity index (χ1n) is 5.41. The second-order valence-corrected chi connectivity index (χ2v) is 5.15. The van der Waals surface area contributed by atoms with Crippen LogP contribution < -0.4 is 11.1 Å². The highest BCUT2D eigenvalue weighted by molar-refractivity contribution is 5.62. The van der Waals surface area contributed by atoms with Crippen LogP contribution in [0.3, 0.4) is 0 Å². The molecule has 3 N–H and O–H groups in total. The fourth-order valence-corrected chi connectivity index (χ4v) is 1.22. The van der Waals surface area contributed by atoms with Crippen LogP contribution in [-0.4, -0.2) is 6.04 Å². The van der Waals surface area contributed by atoms with E-state index in [1.54, 1.807) is 12.1 Å². The Labute approximate surface area is 97.3 Å². The molecule has 0 radical (unpaired) electrons. The van der Waals surface area contributed by atoms with Gasteiger partial charge in [0.2, 0.25) is 0 Å². The van der Waals surface area contributed by atoms with Gasteiger partial charge in [0.25, 0.3) is 0 Å². The standard InChI is InChI=1S/C13H19N3/c1-9(13(2,3)4)16-11-6-5-10(8-14)12(15)7-11/h5-7,9,16H,15H2,1-4H3. The quantitative estimate of drug-likeness (QED) is 0.748. The molecule has 1 unspecified atom stereocenters. The van der Waals surface area contributed by atoms with Crippen molar-refractivity contribution in [2.24, 2.45) is 5.41 Å². The van der Waals surface area contributed by atoms with E-state index < -0.39 is 0 Å². The Morgan fingerprint density at radius 2 is 2.00 bits per heavy atom. The van der Waals surface area contributed by atoms with E-state index in [1.807, 2.05) is 6.07 Å². The lowest BCUT2D eigenvalue weighted by molar-refractivity contribution is 0.359. The van der Waals surface area contributed by atoms with E-state index in [9.17, 15) is 0 Å². The minimum absolute atomic E-state index is 0.183. The van der Waals surface area contributed by atoms with Gasteiger partial charge in [0, 0.05) is 11.7 Å². The first-order chi connectivity index (χ1) is 7.34. The summed E-state index contributed by atoms with van der Waals surface area (Å²) in [6.07, 6.45) is 0. The topological polar surface area (TPSA) is 61.8 Å². The minimum Gasteiger partial charge on any atom is -0.398 e. The molecule has 0 amide bonds. The molecule has 1 aromatic carbocycles. The molecule has 0 aromatic heterocycles. The first-order valence-corrected chi connectivity index (χ1v) is 5.41. The number of nitrogens with zero attached hydrogens (tertiary/aromatic N) is 1. The highest BCUT2D eigenvalue weighted by atomic mass is 14.9. The van der Waals surface area contributed by atoms with Crippen LogP contribution in [0.2, 0.25) is 0 Å². The number of benzene rings is 1. The normalized spacial score (nSPS) is 12.9. The third-order valence-electron chi connectivity index (χ3n) is 2.85. The zero-order valence-corrected chi connectivity index (χ0v) is 10.3. The maximum Gasteiger partial charge on any atom is 0.101 e. The number of nitrogen functional groups attached to an aromatic ring is 1. The lowest BCUT2D eigenvalue weighted by atomic mass is 9.88. The van der Waals surface area contributed by atoms with E-state index in [0.717, 1.165) is 5.69 Å². The van der Waals surface area contributed by atoms with Crippen molar-refractivity contribution < 1.29 is 0 Å². The molecule has 0 fully saturated rings. The highest BCUT2D eigenvalue weighted by Crippen LogP contribution is 2.24. The summed E-state index contributed by atoms with van der Waals surface area (Å²) in [6.45, 7) is 8.67. The van der Waals surface area contributed by atoms with Gasteiger partial charge in [-0.15, -0.1) is 0 Å². The summed E-state index contributed by atoms with van der Waals surface area (Å²) in [5.41, 5.74) is 7.94. The first kappa shape index (κ1) is 12.4. The van der Waals surface area contributed by atoms with Gasteiger partial charge < -0.3 is 11.1 Å². The number of rotatable bonds is 2. The zero-order valence-electron chi connectivity index (χ0n) is 10.3. The van der Waals surface area contributed by atoms with Crippen LogP contribution in [0.1, 0.15) is 33.3 Å².